The minimum absolute atomic E-state index is 0.283. The highest BCUT2D eigenvalue weighted by atomic mass is 32.1. The van der Waals surface area contributed by atoms with E-state index in [9.17, 15) is 0 Å². The fourth-order valence-corrected chi connectivity index (χ4v) is 3.57. The molecule has 1 saturated heterocycles. The van der Waals surface area contributed by atoms with Gasteiger partial charge in [-0.1, -0.05) is 13.8 Å². The monoisotopic (exact) mass is 297 g/mol. The molecule has 0 spiro atoms. The van der Waals surface area contributed by atoms with E-state index in [0.717, 1.165) is 37.0 Å². The second-order valence-electron chi connectivity index (χ2n) is 6.19. The van der Waals surface area contributed by atoms with Crippen LogP contribution >= 0.6 is 11.3 Å². The molecule has 1 N–H and O–H groups in total. The van der Waals surface area contributed by atoms with Crippen LogP contribution in [0.15, 0.2) is 0 Å². The maximum Gasteiger partial charge on any atom is 0.185 e. The molecule has 1 aliphatic heterocycles. The third-order valence-electron chi connectivity index (χ3n) is 3.41. The van der Waals surface area contributed by atoms with Crippen molar-refractivity contribution in [2.24, 2.45) is 5.92 Å². The van der Waals surface area contributed by atoms with E-state index in [-0.39, 0.29) is 12.2 Å². The number of aromatic nitrogens is 1. The Morgan fingerprint density at radius 1 is 1.35 bits per heavy atom. The molecule has 0 bridgehead atoms. The molecule has 0 aliphatic carbocycles. The number of nitrogens with zero attached hydrogens (tertiary/aromatic N) is 2. The molecule has 0 radical (unpaired) electrons. The maximum absolute atomic E-state index is 5.79. The van der Waals surface area contributed by atoms with Crippen LogP contribution in [0.5, 0.6) is 0 Å². The molecule has 1 fully saturated rings. The molecule has 1 aromatic rings. The van der Waals surface area contributed by atoms with Crippen LogP contribution in [0.2, 0.25) is 0 Å². The minimum Gasteiger partial charge on any atom is -0.372 e. The van der Waals surface area contributed by atoms with E-state index in [1.807, 2.05) is 11.3 Å². The molecular weight excluding hydrogens is 270 g/mol. The Balaban J connectivity index is 1.99. The Kier molecular flexibility index (Phi) is 5.41. The molecule has 0 saturated carbocycles. The molecule has 0 aromatic carbocycles. The second kappa shape index (κ2) is 6.87. The van der Waals surface area contributed by atoms with Gasteiger partial charge in [-0.15, -0.1) is 11.3 Å². The minimum atomic E-state index is 0.283. The number of rotatable bonds is 5. The highest BCUT2D eigenvalue weighted by molar-refractivity contribution is 7.15. The molecule has 0 amide bonds. The van der Waals surface area contributed by atoms with E-state index >= 15 is 0 Å². The normalized spacial score (nSPS) is 23.6. The van der Waals surface area contributed by atoms with E-state index in [2.05, 4.69) is 44.8 Å². The molecule has 1 aromatic heterocycles. The van der Waals surface area contributed by atoms with Gasteiger partial charge in [-0.25, -0.2) is 4.98 Å². The van der Waals surface area contributed by atoms with Crippen LogP contribution in [0.4, 0.5) is 5.13 Å². The lowest BCUT2D eigenvalue weighted by Crippen LogP contribution is -2.45. The molecule has 5 heteroatoms. The number of nitrogens with one attached hydrogen (secondary N) is 1. The average Bonchev–Trinajstić information content (AvgIpc) is 2.69. The van der Waals surface area contributed by atoms with E-state index < -0.39 is 0 Å². The molecule has 114 valence electrons. The number of anilines is 1. The van der Waals surface area contributed by atoms with Crippen molar-refractivity contribution < 1.29 is 4.74 Å². The third kappa shape index (κ3) is 4.17. The lowest BCUT2D eigenvalue weighted by molar-refractivity contribution is -0.00523. The predicted molar refractivity (Wildman–Crippen MR) is 85.6 cm³/mol. The lowest BCUT2D eigenvalue weighted by atomic mass is 10.2. The van der Waals surface area contributed by atoms with Crippen LogP contribution in [0.1, 0.15) is 38.3 Å². The number of ether oxygens (including phenoxy) is 1. The molecule has 1 aliphatic rings. The molecule has 2 atom stereocenters. The van der Waals surface area contributed by atoms with E-state index in [1.165, 1.54) is 4.88 Å². The van der Waals surface area contributed by atoms with Crippen LogP contribution < -0.4 is 10.2 Å². The first-order chi connectivity index (χ1) is 9.45. The summed E-state index contributed by atoms with van der Waals surface area (Å²) in [5.41, 5.74) is 1.16. The highest BCUT2D eigenvalue weighted by Crippen LogP contribution is 2.28. The van der Waals surface area contributed by atoms with Crippen LogP contribution in [0, 0.1) is 12.8 Å². The number of morpholine rings is 1. The van der Waals surface area contributed by atoms with Crippen LogP contribution in [0.3, 0.4) is 0 Å². The Morgan fingerprint density at radius 3 is 2.60 bits per heavy atom. The first-order valence-electron chi connectivity index (χ1n) is 7.53. The zero-order valence-corrected chi connectivity index (χ0v) is 14.1. The van der Waals surface area contributed by atoms with Crippen molar-refractivity contribution in [3.8, 4) is 0 Å². The van der Waals surface area contributed by atoms with Gasteiger partial charge in [0.1, 0.15) is 0 Å². The van der Waals surface area contributed by atoms with Crippen molar-refractivity contribution in [2.45, 2.75) is 53.4 Å². The zero-order chi connectivity index (χ0) is 14.7. The van der Waals surface area contributed by atoms with Crippen molar-refractivity contribution >= 4 is 16.5 Å². The summed E-state index contributed by atoms with van der Waals surface area (Å²) in [6.07, 6.45) is 0.566. The fourth-order valence-electron chi connectivity index (χ4n) is 2.52. The van der Waals surface area contributed by atoms with E-state index in [0.29, 0.717) is 5.92 Å². The van der Waals surface area contributed by atoms with Gasteiger partial charge in [0.15, 0.2) is 5.13 Å². The zero-order valence-electron chi connectivity index (χ0n) is 13.3. The van der Waals surface area contributed by atoms with Gasteiger partial charge >= 0.3 is 0 Å². The van der Waals surface area contributed by atoms with Crippen molar-refractivity contribution in [3.63, 3.8) is 0 Å². The first-order valence-corrected chi connectivity index (χ1v) is 8.34. The van der Waals surface area contributed by atoms with Gasteiger partial charge in [0.25, 0.3) is 0 Å². The van der Waals surface area contributed by atoms with Gasteiger partial charge in [0, 0.05) is 24.5 Å². The molecule has 2 rings (SSSR count). The lowest BCUT2D eigenvalue weighted by Gasteiger charge is -2.35. The van der Waals surface area contributed by atoms with Gasteiger partial charge in [0.05, 0.1) is 17.9 Å². The summed E-state index contributed by atoms with van der Waals surface area (Å²) < 4.78 is 5.79. The largest absolute Gasteiger partial charge is 0.372 e. The third-order valence-corrected chi connectivity index (χ3v) is 4.63. The molecular formula is C15H27N3OS. The van der Waals surface area contributed by atoms with Crippen LogP contribution in [-0.2, 0) is 11.3 Å². The Morgan fingerprint density at radius 2 is 2.00 bits per heavy atom. The second-order valence-corrected chi connectivity index (χ2v) is 7.25. The molecule has 2 unspecified atom stereocenters. The van der Waals surface area contributed by atoms with Crippen molar-refractivity contribution in [2.75, 3.05) is 24.5 Å². The summed E-state index contributed by atoms with van der Waals surface area (Å²) in [5, 5.41) is 4.65. The summed E-state index contributed by atoms with van der Waals surface area (Å²) in [6.45, 7) is 14.7. The van der Waals surface area contributed by atoms with Gasteiger partial charge in [-0.3, -0.25) is 0 Å². The number of hydrogen-bond donors (Lipinski definition) is 1. The van der Waals surface area contributed by atoms with Gasteiger partial charge in [0.2, 0.25) is 0 Å². The SMILES string of the molecule is Cc1nc(N2CC(C)OC(C)C2)sc1CNCC(C)C. The Labute approximate surface area is 126 Å². The summed E-state index contributed by atoms with van der Waals surface area (Å²) >= 11 is 1.82. The van der Waals surface area contributed by atoms with Gasteiger partial charge in [-0.2, -0.15) is 0 Å². The first kappa shape index (κ1) is 15.7. The van der Waals surface area contributed by atoms with E-state index in [4.69, 9.17) is 9.72 Å². The number of hydrogen-bond acceptors (Lipinski definition) is 5. The van der Waals surface area contributed by atoms with Gasteiger partial charge in [-0.05, 0) is 33.2 Å². The topological polar surface area (TPSA) is 37.4 Å². The molecule has 2 heterocycles. The van der Waals surface area contributed by atoms with Crippen molar-refractivity contribution in [1.29, 1.82) is 0 Å². The maximum atomic E-state index is 5.79. The van der Waals surface area contributed by atoms with Crippen LogP contribution in [0.25, 0.3) is 0 Å². The fraction of sp³-hybridized carbons (Fsp3) is 0.800. The number of thiazole rings is 1. The van der Waals surface area contributed by atoms with Crippen molar-refractivity contribution in [1.82, 2.24) is 10.3 Å². The van der Waals surface area contributed by atoms with Crippen LogP contribution in [-0.4, -0.2) is 36.8 Å². The quantitative estimate of drug-likeness (QED) is 0.907. The summed E-state index contributed by atoms with van der Waals surface area (Å²) in [6, 6.07) is 0. The summed E-state index contributed by atoms with van der Waals surface area (Å²) in [5.74, 6) is 0.684. The molecule has 20 heavy (non-hydrogen) atoms. The smallest absolute Gasteiger partial charge is 0.185 e. The summed E-state index contributed by atoms with van der Waals surface area (Å²) in [7, 11) is 0. The highest BCUT2D eigenvalue weighted by Gasteiger charge is 2.24. The van der Waals surface area contributed by atoms with Gasteiger partial charge < -0.3 is 15.0 Å². The average molecular weight is 297 g/mol. The Hall–Kier alpha value is -0.650. The van der Waals surface area contributed by atoms with Crippen molar-refractivity contribution in [3.05, 3.63) is 10.6 Å². The number of aryl methyl sites for hydroxylation is 1. The molecule has 4 nitrogen and oxygen atoms in total. The summed E-state index contributed by atoms with van der Waals surface area (Å²) in [4.78, 5) is 8.47. The Bertz CT molecular complexity index is 423. The standard InChI is InChI=1S/C15H27N3OS/c1-10(2)6-16-7-14-13(5)17-15(20-14)18-8-11(3)19-12(4)9-18/h10-12,16H,6-9H2,1-5H3. The predicted octanol–water partition coefficient (Wildman–Crippen LogP) is 2.81. The van der Waals surface area contributed by atoms with E-state index in [1.54, 1.807) is 0 Å².